The van der Waals surface area contributed by atoms with E-state index in [1.165, 1.54) is 0 Å². The standard InChI is InChI=1S/C16H21N3O2/c1-11(2)18-16-17-10-12-4-3-5-14(15(12)19-16)21-13-6-8-20-9-7-13/h3-5,10-11,13H,6-9H2,1-2H3,(H,17,18,19). The zero-order valence-corrected chi connectivity index (χ0v) is 12.5. The summed E-state index contributed by atoms with van der Waals surface area (Å²) >= 11 is 0. The van der Waals surface area contributed by atoms with E-state index in [9.17, 15) is 0 Å². The lowest BCUT2D eigenvalue weighted by Crippen LogP contribution is -2.26. The van der Waals surface area contributed by atoms with Crippen LogP contribution in [-0.4, -0.2) is 35.3 Å². The molecule has 2 heterocycles. The molecule has 0 atom stereocenters. The number of hydrogen-bond donors (Lipinski definition) is 1. The normalized spacial score (nSPS) is 16.3. The first-order chi connectivity index (χ1) is 10.2. The van der Waals surface area contributed by atoms with Crippen molar-refractivity contribution < 1.29 is 9.47 Å². The summed E-state index contributed by atoms with van der Waals surface area (Å²) in [6, 6.07) is 6.26. The minimum atomic E-state index is 0.209. The molecule has 0 aliphatic carbocycles. The zero-order chi connectivity index (χ0) is 14.7. The van der Waals surface area contributed by atoms with Crippen molar-refractivity contribution in [3.8, 4) is 5.75 Å². The molecule has 5 nitrogen and oxygen atoms in total. The van der Waals surface area contributed by atoms with E-state index in [1.807, 2.05) is 24.4 Å². The minimum Gasteiger partial charge on any atom is -0.488 e. The molecule has 3 rings (SSSR count). The molecule has 1 aromatic heterocycles. The van der Waals surface area contributed by atoms with Gasteiger partial charge in [0.2, 0.25) is 5.95 Å². The predicted molar refractivity (Wildman–Crippen MR) is 82.8 cm³/mol. The van der Waals surface area contributed by atoms with E-state index in [4.69, 9.17) is 9.47 Å². The van der Waals surface area contributed by atoms with Crippen LogP contribution < -0.4 is 10.1 Å². The Labute approximate surface area is 124 Å². The topological polar surface area (TPSA) is 56.3 Å². The van der Waals surface area contributed by atoms with Crippen LogP contribution in [0.2, 0.25) is 0 Å². The third-order valence-corrected chi connectivity index (χ3v) is 3.45. The van der Waals surface area contributed by atoms with E-state index >= 15 is 0 Å². The molecule has 1 aliphatic rings. The molecule has 0 amide bonds. The summed E-state index contributed by atoms with van der Waals surface area (Å²) in [7, 11) is 0. The van der Waals surface area contributed by atoms with E-state index in [-0.39, 0.29) is 6.10 Å². The second kappa shape index (κ2) is 6.26. The Kier molecular flexibility index (Phi) is 4.20. The Balaban J connectivity index is 1.89. The summed E-state index contributed by atoms with van der Waals surface area (Å²) in [5, 5.41) is 4.22. The van der Waals surface area contributed by atoms with Gasteiger partial charge in [0, 0.05) is 30.5 Å². The van der Waals surface area contributed by atoms with Crippen LogP contribution in [0.5, 0.6) is 5.75 Å². The number of aromatic nitrogens is 2. The highest BCUT2D eigenvalue weighted by atomic mass is 16.5. The largest absolute Gasteiger partial charge is 0.488 e. The number of nitrogens with one attached hydrogen (secondary N) is 1. The Morgan fingerprint density at radius 1 is 1.29 bits per heavy atom. The van der Waals surface area contributed by atoms with Gasteiger partial charge in [-0.15, -0.1) is 0 Å². The average Bonchev–Trinajstić information content (AvgIpc) is 2.48. The fourth-order valence-corrected chi connectivity index (χ4v) is 2.42. The number of fused-ring (bicyclic) bond motifs is 1. The summed E-state index contributed by atoms with van der Waals surface area (Å²) in [6.07, 6.45) is 3.90. The van der Waals surface area contributed by atoms with Crippen molar-refractivity contribution in [2.45, 2.75) is 38.8 Å². The second-order valence-corrected chi connectivity index (χ2v) is 5.62. The van der Waals surface area contributed by atoms with Gasteiger partial charge in [0.1, 0.15) is 17.4 Å². The molecule has 5 heteroatoms. The van der Waals surface area contributed by atoms with Crippen LogP contribution in [0.25, 0.3) is 10.9 Å². The zero-order valence-electron chi connectivity index (χ0n) is 12.5. The Hall–Kier alpha value is -1.88. The van der Waals surface area contributed by atoms with Gasteiger partial charge in [-0.25, -0.2) is 9.97 Å². The van der Waals surface area contributed by atoms with Crippen LogP contribution in [0.1, 0.15) is 26.7 Å². The van der Waals surface area contributed by atoms with E-state index < -0.39 is 0 Å². The molecule has 0 unspecified atom stereocenters. The molecule has 0 radical (unpaired) electrons. The quantitative estimate of drug-likeness (QED) is 0.936. The third-order valence-electron chi connectivity index (χ3n) is 3.45. The number of hydrogen-bond acceptors (Lipinski definition) is 5. The highest BCUT2D eigenvalue weighted by molar-refractivity contribution is 5.84. The van der Waals surface area contributed by atoms with Crippen molar-refractivity contribution >= 4 is 16.9 Å². The van der Waals surface area contributed by atoms with Gasteiger partial charge in [0.15, 0.2) is 0 Å². The van der Waals surface area contributed by atoms with Crippen molar-refractivity contribution in [3.63, 3.8) is 0 Å². The predicted octanol–water partition coefficient (Wildman–Crippen LogP) is 3.01. The van der Waals surface area contributed by atoms with Crippen LogP contribution >= 0.6 is 0 Å². The van der Waals surface area contributed by atoms with Crippen molar-refractivity contribution in [2.24, 2.45) is 0 Å². The molecule has 1 aliphatic heterocycles. The summed E-state index contributed by atoms with van der Waals surface area (Å²) in [4.78, 5) is 8.94. The van der Waals surface area contributed by atoms with Crippen molar-refractivity contribution in [1.29, 1.82) is 0 Å². The lowest BCUT2D eigenvalue weighted by atomic mass is 10.1. The average molecular weight is 287 g/mol. The van der Waals surface area contributed by atoms with Gasteiger partial charge < -0.3 is 14.8 Å². The molecule has 1 fully saturated rings. The first-order valence-electron chi connectivity index (χ1n) is 7.49. The van der Waals surface area contributed by atoms with Crippen molar-refractivity contribution in [2.75, 3.05) is 18.5 Å². The molecule has 1 N–H and O–H groups in total. The summed E-state index contributed by atoms with van der Waals surface area (Å²) < 4.78 is 11.5. The van der Waals surface area contributed by atoms with Crippen LogP contribution in [0.15, 0.2) is 24.4 Å². The Bertz CT molecular complexity index is 609. The number of anilines is 1. The van der Waals surface area contributed by atoms with Crippen LogP contribution in [0.4, 0.5) is 5.95 Å². The highest BCUT2D eigenvalue weighted by Gasteiger charge is 2.17. The number of rotatable bonds is 4. The molecule has 0 spiro atoms. The fourth-order valence-electron chi connectivity index (χ4n) is 2.42. The second-order valence-electron chi connectivity index (χ2n) is 5.62. The molecular weight excluding hydrogens is 266 g/mol. The van der Waals surface area contributed by atoms with Crippen molar-refractivity contribution in [3.05, 3.63) is 24.4 Å². The Morgan fingerprint density at radius 3 is 2.86 bits per heavy atom. The van der Waals surface area contributed by atoms with Gasteiger partial charge in [-0.2, -0.15) is 0 Å². The van der Waals surface area contributed by atoms with Gasteiger partial charge in [0.25, 0.3) is 0 Å². The summed E-state index contributed by atoms with van der Waals surface area (Å²) in [6.45, 7) is 5.67. The maximum Gasteiger partial charge on any atom is 0.223 e. The van der Waals surface area contributed by atoms with Gasteiger partial charge in [-0.05, 0) is 19.9 Å². The molecule has 0 bridgehead atoms. The van der Waals surface area contributed by atoms with Crippen LogP contribution in [-0.2, 0) is 4.74 Å². The third kappa shape index (κ3) is 3.42. The summed E-state index contributed by atoms with van der Waals surface area (Å²) in [5.74, 6) is 1.47. The number of para-hydroxylation sites is 1. The lowest BCUT2D eigenvalue weighted by molar-refractivity contribution is 0.0261. The van der Waals surface area contributed by atoms with Gasteiger partial charge in [0.05, 0.1) is 13.2 Å². The van der Waals surface area contributed by atoms with Crippen LogP contribution in [0, 0.1) is 0 Å². The first-order valence-corrected chi connectivity index (χ1v) is 7.49. The van der Waals surface area contributed by atoms with E-state index in [1.54, 1.807) is 0 Å². The summed E-state index contributed by atoms with van der Waals surface area (Å²) in [5.41, 5.74) is 0.863. The molecule has 1 aromatic carbocycles. The van der Waals surface area contributed by atoms with Gasteiger partial charge in [-0.3, -0.25) is 0 Å². The van der Waals surface area contributed by atoms with Gasteiger partial charge in [-0.1, -0.05) is 12.1 Å². The lowest BCUT2D eigenvalue weighted by Gasteiger charge is -2.23. The van der Waals surface area contributed by atoms with E-state index in [0.29, 0.717) is 12.0 Å². The van der Waals surface area contributed by atoms with Crippen molar-refractivity contribution in [1.82, 2.24) is 9.97 Å². The number of benzene rings is 1. The number of nitrogens with zero attached hydrogens (tertiary/aromatic N) is 2. The molecule has 1 saturated heterocycles. The van der Waals surface area contributed by atoms with E-state index in [0.717, 1.165) is 42.7 Å². The van der Waals surface area contributed by atoms with Crippen LogP contribution in [0.3, 0.4) is 0 Å². The fraction of sp³-hybridized carbons (Fsp3) is 0.500. The molecule has 112 valence electrons. The molecule has 2 aromatic rings. The maximum absolute atomic E-state index is 6.13. The van der Waals surface area contributed by atoms with Gasteiger partial charge >= 0.3 is 0 Å². The Morgan fingerprint density at radius 2 is 2.10 bits per heavy atom. The molecular formula is C16H21N3O2. The maximum atomic E-state index is 6.13. The first kappa shape index (κ1) is 14.1. The number of ether oxygens (including phenoxy) is 2. The smallest absolute Gasteiger partial charge is 0.223 e. The van der Waals surface area contributed by atoms with E-state index in [2.05, 4.69) is 29.1 Å². The molecule has 21 heavy (non-hydrogen) atoms. The monoisotopic (exact) mass is 287 g/mol. The minimum absolute atomic E-state index is 0.209. The SMILES string of the molecule is CC(C)Nc1ncc2cccc(OC3CCOCC3)c2n1. The molecule has 0 saturated carbocycles. The highest BCUT2D eigenvalue weighted by Crippen LogP contribution is 2.27.